The Kier molecular flexibility index (Phi) is 5.64. The number of amides is 1. The summed E-state index contributed by atoms with van der Waals surface area (Å²) in [4.78, 5) is 24.7. The predicted octanol–water partition coefficient (Wildman–Crippen LogP) is 2.10. The number of anilines is 1. The van der Waals surface area contributed by atoms with Crippen LogP contribution in [0.5, 0.6) is 5.75 Å². The normalized spacial score (nSPS) is 11.3. The van der Waals surface area contributed by atoms with Crippen molar-refractivity contribution in [2.75, 3.05) is 18.1 Å². The van der Waals surface area contributed by atoms with Gasteiger partial charge in [0, 0.05) is 11.6 Å². The summed E-state index contributed by atoms with van der Waals surface area (Å²) in [6, 6.07) is 2.94. The summed E-state index contributed by atoms with van der Waals surface area (Å²) in [6.07, 6.45) is 4.48. The molecule has 0 unspecified atom stereocenters. The largest absolute Gasteiger partial charge is 0.494 e. The molecule has 2 heterocycles. The van der Waals surface area contributed by atoms with Gasteiger partial charge in [0.25, 0.3) is 5.91 Å². The number of hydrogen-bond donors (Lipinski definition) is 2. The number of methoxy groups -OCH3 is 1. The number of carbonyl (C=O) groups excluding carboxylic acids is 1. The summed E-state index contributed by atoms with van der Waals surface area (Å²) in [5.74, 6) is -0.585. The number of rotatable bonds is 4. The van der Waals surface area contributed by atoms with E-state index >= 15 is 0 Å². The van der Waals surface area contributed by atoms with Crippen molar-refractivity contribution in [3.05, 3.63) is 51.7 Å². The maximum Gasteiger partial charge on any atom is 0.278 e. The van der Waals surface area contributed by atoms with Gasteiger partial charge >= 0.3 is 0 Å². The van der Waals surface area contributed by atoms with Crippen LogP contribution in [-0.2, 0) is 10.0 Å². The van der Waals surface area contributed by atoms with E-state index in [-0.39, 0.29) is 37.8 Å². The highest BCUT2D eigenvalue weighted by Crippen LogP contribution is 2.28. The van der Waals surface area contributed by atoms with Crippen LogP contribution in [0.15, 0.2) is 35.7 Å². The number of nitrogens with one attached hydrogen (secondary N) is 1. The maximum absolute atomic E-state index is 12.8. The molecule has 2 aromatic heterocycles. The lowest BCUT2D eigenvalue weighted by molar-refractivity contribution is 0.0999. The quantitative estimate of drug-likeness (QED) is 0.572. The number of sulfonamides is 1. The predicted molar refractivity (Wildman–Crippen MR) is 106 cm³/mol. The van der Waals surface area contributed by atoms with Crippen LogP contribution in [0.1, 0.15) is 10.4 Å². The Morgan fingerprint density at radius 2 is 1.93 bits per heavy atom. The van der Waals surface area contributed by atoms with Gasteiger partial charge in [0.2, 0.25) is 16.0 Å². The minimum atomic E-state index is -3.60. The van der Waals surface area contributed by atoms with Gasteiger partial charge in [-0.05, 0) is 12.1 Å². The zero-order chi connectivity index (χ0) is 21.3. The van der Waals surface area contributed by atoms with Crippen molar-refractivity contribution in [2.45, 2.75) is 0 Å². The summed E-state index contributed by atoms with van der Waals surface area (Å²) in [5.41, 5.74) is 0.313. The van der Waals surface area contributed by atoms with E-state index in [0.717, 1.165) is 18.6 Å². The van der Waals surface area contributed by atoms with E-state index in [1.165, 1.54) is 25.4 Å². The molecule has 0 bridgehead atoms. The molecular weight excluding hydrogens is 445 g/mol. The lowest BCUT2D eigenvalue weighted by Crippen LogP contribution is -2.14. The summed E-state index contributed by atoms with van der Waals surface area (Å²) < 4.78 is 30.9. The molecule has 29 heavy (non-hydrogen) atoms. The first kappa shape index (κ1) is 20.8. The number of pyridine rings is 1. The van der Waals surface area contributed by atoms with Gasteiger partial charge in [-0.2, -0.15) is 4.73 Å². The summed E-state index contributed by atoms with van der Waals surface area (Å²) in [6.45, 7) is 0. The van der Waals surface area contributed by atoms with Gasteiger partial charge < -0.3 is 9.94 Å². The maximum atomic E-state index is 12.8. The second-order valence-corrected chi connectivity index (χ2v) is 8.31. The Labute approximate surface area is 174 Å². The molecule has 0 aliphatic rings. The van der Waals surface area contributed by atoms with Gasteiger partial charge in [-0.1, -0.05) is 23.2 Å². The van der Waals surface area contributed by atoms with E-state index in [1.54, 1.807) is 0 Å². The molecule has 0 saturated carbocycles. The van der Waals surface area contributed by atoms with E-state index in [9.17, 15) is 18.4 Å². The number of halogens is 2. The highest BCUT2D eigenvalue weighted by Gasteiger charge is 2.17. The van der Waals surface area contributed by atoms with Gasteiger partial charge in [-0.15, -0.1) is 0 Å². The van der Waals surface area contributed by atoms with Crippen molar-refractivity contribution in [3.63, 3.8) is 0 Å². The zero-order valence-corrected chi connectivity index (χ0v) is 17.2. The lowest BCUT2D eigenvalue weighted by Gasteiger charge is -2.09. The molecule has 3 aromatic rings. The van der Waals surface area contributed by atoms with Crippen LogP contribution < -0.4 is 14.8 Å². The van der Waals surface area contributed by atoms with Crippen LogP contribution >= 0.6 is 23.2 Å². The monoisotopic (exact) mass is 457 g/mol. The first-order valence-electron chi connectivity index (χ1n) is 7.76. The Morgan fingerprint density at radius 1 is 1.28 bits per heavy atom. The Morgan fingerprint density at radius 3 is 2.52 bits per heavy atom. The fraction of sp³-hybridized carbons (Fsp3) is 0.125. The van der Waals surface area contributed by atoms with E-state index in [2.05, 4.69) is 19.7 Å². The molecular formula is C16H13Cl2N5O5S. The summed E-state index contributed by atoms with van der Waals surface area (Å²) in [7, 11) is -2.20. The Bertz CT molecular complexity index is 1280. The SMILES string of the molecule is COc1ccc(C(=O)N=c2c(Cl)cn(O)cc2Cl)c2cnc(NS(C)(=O)=O)nc12. The van der Waals surface area contributed by atoms with Crippen LogP contribution in [0.25, 0.3) is 10.9 Å². The molecule has 0 spiro atoms. The Hall–Kier alpha value is -2.89. The standard InChI is InChI=1S/C16H13Cl2N5O5S/c1-28-12-4-3-8(9-5-19-16(21-13(9)12)22-29(2,26)27)15(24)20-14-10(17)6-23(25)7-11(14)18/h3-7,25H,1-2H3,(H,19,21,22). The van der Waals surface area contributed by atoms with Crippen LogP contribution in [0.4, 0.5) is 5.95 Å². The van der Waals surface area contributed by atoms with Crippen molar-refractivity contribution in [1.82, 2.24) is 14.7 Å². The van der Waals surface area contributed by atoms with Gasteiger partial charge in [-0.3, -0.25) is 9.52 Å². The van der Waals surface area contributed by atoms with Crippen molar-refractivity contribution < 1.29 is 23.2 Å². The Balaban J connectivity index is 2.18. The molecule has 13 heteroatoms. The molecule has 0 radical (unpaired) electrons. The highest BCUT2D eigenvalue weighted by atomic mass is 35.5. The fourth-order valence-electron chi connectivity index (χ4n) is 2.44. The average Bonchev–Trinajstić information content (AvgIpc) is 2.62. The second kappa shape index (κ2) is 7.85. The number of aromatic nitrogens is 3. The average molecular weight is 458 g/mol. The van der Waals surface area contributed by atoms with E-state index in [4.69, 9.17) is 27.9 Å². The van der Waals surface area contributed by atoms with Crippen LogP contribution in [0, 0.1) is 0 Å². The number of ether oxygens (including phenoxy) is 1. The van der Waals surface area contributed by atoms with E-state index in [0.29, 0.717) is 10.5 Å². The third-order valence-corrected chi connectivity index (χ3v) is 4.70. The zero-order valence-electron chi connectivity index (χ0n) is 14.9. The molecule has 10 nitrogen and oxygen atoms in total. The number of carbonyl (C=O) groups is 1. The summed E-state index contributed by atoms with van der Waals surface area (Å²) in [5, 5.41) is 9.59. The molecule has 1 aromatic carbocycles. The second-order valence-electron chi connectivity index (χ2n) is 5.75. The van der Waals surface area contributed by atoms with E-state index in [1.807, 2.05) is 0 Å². The van der Waals surface area contributed by atoms with Gasteiger partial charge in [0.1, 0.15) is 16.6 Å². The number of hydrogen-bond acceptors (Lipinski definition) is 7. The smallest absolute Gasteiger partial charge is 0.278 e. The first-order chi connectivity index (χ1) is 13.6. The third-order valence-electron chi connectivity index (χ3n) is 3.60. The van der Waals surface area contributed by atoms with Crippen molar-refractivity contribution in [2.24, 2.45) is 4.99 Å². The molecule has 152 valence electrons. The van der Waals surface area contributed by atoms with Gasteiger partial charge in [0.05, 0.1) is 41.4 Å². The number of nitrogens with zero attached hydrogens (tertiary/aromatic N) is 4. The molecule has 3 rings (SSSR count). The minimum absolute atomic E-state index is 0.0242. The van der Waals surface area contributed by atoms with Crippen LogP contribution in [0.3, 0.4) is 0 Å². The molecule has 0 fully saturated rings. The first-order valence-corrected chi connectivity index (χ1v) is 10.4. The van der Waals surface area contributed by atoms with Crippen molar-refractivity contribution in [3.8, 4) is 5.75 Å². The van der Waals surface area contributed by atoms with Gasteiger partial charge in [-0.25, -0.2) is 23.4 Å². The van der Waals surface area contributed by atoms with Crippen molar-refractivity contribution in [1.29, 1.82) is 0 Å². The lowest BCUT2D eigenvalue weighted by atomic mass is 10.1. The van der Waals surface area contributed by atoms with Crippen molar-refractivity contribution >= 4 is 56.0 Å². The highest BCUT2D eigenvalue weighted by molar-refractivity contribution is 7.91. The molecule has 0 aliphatic heterocycles. The number of fused-ring (bicyclic) bond motifs is 1. The van der Waals surface area contributed by atoms with E-state index < -0.39 is 15.9 Å². The molecule has 2 N–H and O–H groups in total. The molecule has 0 aliphatic carbocycles. The minimum Gasteiger partial charge on any atom is -0.494 e. The van der Waals surface area contributed by atoms with Crippen LogP contribution in [0.2, 0.25) is 10.0 Å². The molecule has 1 amide bonds. The number of benzene rings is 1. The van der Waals surface area contributed by atoms with Gasteiger partial charge in [0.15, 0.2) is 0 Å². The third kappa shape index (κ3) is 4.58. The fourth-order valence-corrected chi connectivity index (χ4v) is 3.40. The topological polar surface area (TPSA) is 136 Å². The van der Waals surface area contributed by atoms with Crippen LogP contribution in [-0.4, -0.2) is 47.6 Å². The molecule has 0 saturated heterocycles. The summed E-state index contributed by atoms with van der Waals surface area (Å²) >= 11 is 12.0. The molecule has 0 atom stereocenters.